The van der Waals surface area contributed by atoms with Gasteiger partial charge in [-0.15, -0.1) is 0 Å². The van der Waals surface area contributed by atoms with Crippen molar-refractivity contribution in [2.24, 2.45) is 0 Å². The Bertz CT molecular complexity index is 1180. The van der Waals surface area contributed by atoms with Gasteiger partial charge < -0.3 is 25.2 Å². The summed E-state index contributed by atoms with van der Waals surface area (Å²) < 4.78 is 18.9. The van der Waals surface area contributed by atoms with E-state index in [0.29, 0.717) is 50.3 Å². The number of nitrogens with one attached hydrogen (secondary N) is 2. The zero-order valence-corrected chi connectivity index (χ0v) is 21.5. The fourth-order valence-corrected chi connectivity index (χ4v) is 4.25. The summed E-state index contributed by atoms with van der Waals surface area (Å²) in [5.41, 5.74) is 3.55. The predicted octanol–water partition coefficient (Wildman–Crippen LogP) is 3.64. The molecule has 0 aliphatic carbocycles. The molecule has 1 saturated heterocycles. The number of fused-ring (bicyclic) bond motifs is 1. The highest BCUT2D eigenvalue weighted by atomic mass is 19.1. The number of hydrogen-bond donors (Lipinski definition) is 2. The number of anilines is 3. The van der Waals surface area contributed by atoms with Crippen LogP contribution in [0.5, 0.6) is 0 Å². The molecule has 2 aliphatic heterocycles. The molecule has 11 heteroatoms. The molecule has 37 heavy (non-hydrogen) atoms. The second-order valence-electron chi connectivity index (χ2n) is 8.33. The monoisotopic (exact) mass is 508 g/mol. The van der Waals surface area contributed by atoms with Crippen LogP contribution in [-0.2, 0) is 17.7 Å². The van der Waals surface area contributed by atoms with Crippen LogP contribution in [0.1, 0.15) is 32.0 Å². The first-order valence-corrected chi connectivity index (χ1v) is 12.7. The van der Waals surface area contributed by atoms with Crippen LogP contribution in [0.2, 0.25) is 0 Å². The Kier molecular flexibility index (Phi) is 8.78. The second-order valence-corrected chi connectivity index (χ2v) is 8.33. The number of urea groups is 1. The number of carbonyl (C=O) groups is 1. The zero-order valence-electron chi connectivity index (χ0n) is 21.5. The topological polar surface area (TPSA) is 108 Å². The van der Waals surface area contributed by atoms with E-state index in [1.54, 1.807) is 0 Å². The highest BCUT2D eigenvalue weighted by molar-refractivity contribution is 5.89. The van der Waals surface area contributed by atoms with Gasteiger partial charge in [0.2, 0.25) is 5.95 Å². The van der Waals surface area contributed by atoms with Crippen LogP contribution in [-0.4, -0.2) is 65.4 Å². The van der Waals surface area contributed by atoms with Gasteiger partial charge in [0, 0.05) is 43.0 Å². The maximum Gasteiger partial charge on any atom is 0.319 e. The van der Waals surface area contributed by atoms with E-state index >= 15 is 0 Å². The van der Waals surface area contributed by atoms with E-state index in [1.165, 1.54) is 12.4 Å². The van der Waals surface area contributed by atoms with Crippen LogP contribution < -0.4 is 20.4 Å². The van der Waals surface area contributed by atoms with Crippen LogP contribution in [0.15, 0.2) is 36.7 Å². The molecule has 10 nitrogen and oxygen atoms in total. The third-order valence-corrected chi connectivity index (χ3v) is 5.98. The number of nitrogens with zero attached hydrogens (tertiary/aromatic N) is 6. The molecule has 0 unspecified atom stereocenters. The smallest absolute Gasteiger partial charge is 0.319 e. The van der Waals surface area contributed by atoms with E-state index in [9.17, 15) is 9.18 Å². The van der Waals surface area contributed by atoms with Crippen molar-refractivity contribution in [1.29, 1.82) is 0 Å². The third kappa shape index (κ3) is 6.29. The summed E-state index contributed by atoms with van der Waals surface area (Å²) in [6.45, 7) is 10.5. The van der Waals surface area contributed by atoms with Crippen LogP contribution in [0.4, 0.5) is 26.6 Å². The Morgan fingerprint density at radius 1 is 1.03 bits per heavy atom. The van der Waals surface area contributed by atoms with Crippen LogP contribution >= 0.6 is 0 Å². The minimum absolute atomic E-state index is 0.247. The summed E-state index contributed by atoms with van der Waals surface area (Å²) in [5, 5.41) is 5.52. The molecule has 0 atom stereocenters. The van der Waals surface area contributed by atoms with Gasteiger partial charge in [-0.3, -0.25) is 0 Å². The van der Waals surface area contributed by atoms with Crippen LogP contribution in [0.25, 0.3) is 11.4 Å². The predicted molar refractivity (Wildman–Crippen MR) is 141 cm³/mol. The van der Waals surface area contributed by atoms with Crippen LogP contribution in [0, 0.1) is 5.82 Å². The van der Waals surface area contributed by atoms with Gasteiger partial charge in [-0.25, -0.2) is 29.1 Å². The Labute approximate surface area is 216 Å². The molecule has 2 aliphatic rings. The average molecular weight is 509 g/mol. The van der Waals surface area contributed by atoms with Crippen molar-refractivity contribution in [2.45, 2.75) is 33.7 Å². The van der Waals surface area contributed by atoms with Gasteiger partial charge in [0.1, 0.15) is 5.82 Å². The van der Waals surface area contributed by atoms with Crippen molar-refractivity contribution < 1.29 is 13.9 Å². The Hall–Kier alpha value is -3.86. The summed E-state index contributed by atoms with van der Waals surface area (Å²) in [6.07, 6.45) is 3.09. The second kappa shape index (κ2) is 12.4. The maximum absolute atomic E-state index is 13.3. The maximum atomic E-state index is 13.3. The van der Waals surface area contributed by atoms with Crippen molar-refractivity contribution in [3.63, 3.8) is 0 Å². The van der Waals surface area contributed by atoms with Gasteiger partial charge in [0.15, 0.2) is 11.6 Å². The first-order chi connectivity index (χ1) is 18.1. The molecule has 3 aromatic rings. The molecule has 0 spiro atoms. The van der Waals surface area contributed by atoms with Gasteiger partial charge in [-0.2, -0.15) is 0 Å². The summed E-state index contributed by atoms with van der Waals surface area (Å²) in [4.78, 5) is 34.2. The van der Waals surface area contributed by atoms with Gasteiger partial charge in [0.25, 0.3) is 0 Å². The SMILES string of the molecule is CC.CCNC(=O)Nc1ccc(-c2nc3c(c(N4CCOCC4)n2)CCN(c2ncc(F)cn2)C3)cc1. The lowest BCUT2D eigenvalue weighted by atomic mass is 10.0. The van der Waals surface area contributed by atoms with E-state index in [2.05, 4.69) is 25.5 Å². The fourth-order valence-electron chi connectivity index (χ4n) is 4.25. The summed E-state index contributed by atoms with van der Waals surface area (Å²) in [7, 11) is 0. The lowest BCUT2D eigenvalue weighted by Crippen LogP contribution is -2.40. The summed E-state index contributed by atoms with van der Waals surface area (Å²) in [6, 6.07) is 7.22. The third-order valence-electron chi connectivity index (χ3n) is 5.98. The van der Waals surface area contributed by atoms with Crippen molar-refractivity contribution in [1.82, 2.24) is 25.3 Å². The number of amides is 2. The first-order valence-electron chi connectivity index (χ1n) is 12.7. The largest absolute Gasteiger partial charge is 0.378 e. The van der Waals surface area contributed by atoms with E-state index in [1.807, 2.05) is 49.9 Å². The van der Waals surface area contributed by atoms with Gasteiger partial charge in [-0.1, -0.05) is 13.8 Å². The lowest BCUT2D eigenvalue weighted by molar-refractivity contribution is 0.122. The molecule has 0 bridgehead atoms. The number of ether oxygens (including phenoxy) is 1. The van der Waals surface area contributed by atoms with E-state index in [0.717, 1.165) is 42.1 Å². The lowest BCUT2D eigenvalue weighted by Gasteiger charge is -2.34. The highest BCUT2D eigenvalue weighted by Crippen LogP contribution is 2.31. The number of hydrogen-bond acceptors (Lipinski definition) is 8. The van der Waals surface area contributed by atoms with Crippen molar-refractivity contribution in [3.8, 4) is 11.4 Å². The number of halogens is 1. The van der Waals surface area contributed by atoms with Crippen molar-refractivity contribution >= 4 is 23.5 Å². The molecule has 0 radical (unpaired) electrons. The molecule has 1 aromatic carbocycles. The molecule has 2 amide bonds. The molecule has 196 valence electrons. The molecular formula is C26H33FN8O2. The zero-order chi connectivity index (χ0) is 26.2. The van der Waals surface area contributed by atoms with Crippen molar-refractivity contribution in [3.05, 3.63) is 53.7 Å². The Balaban J connectivity index is 0.00000156. The normalized spacial score (nSPS) is 14.8. The minimum atomic E-state index is -0.463. The summed E-state index contributed by atoms with van der Waals surface area (Å²) in [5.74, 6) is 1.55. The molecule has 5 rings (SSSR count). The van der Waals surface area contributed by atoms with Gasteiger partial charge >= 0.3 is 6.03 Å². The highest BCUT2D eigenvalue weighted by Gasteiger charge is 2.27. The number of morpholine rings is 1. The van der Waals surface area contributed by atoms with E-state index in [-0.39, 0.29) is 6.03 Å². The van der Waals surface area contributed by atoms with E-state index in [4.69, 9.17) is 14.7 Å². The molecule has 1 fully saturated rings. The van der Waals surface area contributed by atoms with Gasteiger partial charge in [-0.05, 0) is 37.6 Å². The Morgan fingerprint density at radius 3 is 2.41 bits per heavy atom. The number of rotatable bonds is 5. The number of benzene rings is 1. The molecule has 0 saturated carbocycles. The first kappa shape index (κ1) is 26.2. The average Bonchev–Trinajstić information content (AvgIpc) is 2.94. The quantitative estimate of drug-likeness (QED) is 0.538. The molecular weight excluding hydrogens is 475 g/mol. The number of aromatic nitrogens is 4. The molecule has 2 N–H and O–H groups in total. The Morgan fingerprint density at radius 2 is 1.73 bits per heavy atom. The minimum Gasteiger partial charge on any atom is -0.378 e. The van der Waals surface area contributed by atoms with Gasteiger partial charge in [0.05, 0.1) is 37.8 Å². The molecule has 4 heterocycles. The number of carbonyl (C=O) groups excluding carboxylic acids is 1. The van der Waals surface area contributed by atoms with Crippen LogP contribution in [0.3, 0.4) is 0 Å². The summed E-state index contributed by atoms with van der Waals surface area (Å²) >= 11 is 0. The fraction of sp³-hybridized carbons (Fsp3) is 0.423. The molecule has 2 aromatic heterocycles. The standard InChI is InChI=1S/C24H27FN8O2.C2H6/c1-2-26-24(34)29-18-5-3-16(4-6-18)21-30-20-15-33(23-27-13-17(25)14-28-23)8-7-19(20)22(31-21)32-9-11-35-12-10-32;1-2/h3-6,13-14H,2,7-12,15H2,1H3,(H2,26,29,34);1-2H3. The van der Waals surface area contributed by atoms with Crippen molar-refractivity contribution in [2.75, 3.05) is 54.5 Å². The van der Waals surface area contributed by atoms with E-state index < -0.39 is 5.82 Å².